The van der Waals surface area contributed by atoms with Crippen molar-refractivity contribution in [2.24, 2.45) is 5.73 Å². The van der Waals surface area contributed by atoms with Gasteiger partial charge in [-0.2, -0.15) is 0 Å². The lowest BCUT2D eigenvalue weighted by Gasteiger charge is -2.11. The zero-order valence-corrected chi connectivity index (χ0v) is 11.6. The molecule has 1 aromatic heterocycles. The van der Waals surface area contributed by atoms with Crippen LogP contribution >= 0.6 is 0 Å². The third-order valence-corrected chi connectivity index (χ3v) is 3.21. The number of aromatic nitrogens is 1. The Balaban J connectivity index is 1.96. The lowest BCUT2D eigenvalue weighted by molar-refractivity contribution is 0.481. The molecule has 1 heterocycles. The lowest BCUT2D eigenvalue weighted by atomic mass is 10.1. The Bertz CT molecular complexity index is 726. The summed E-state index contributed by atoms with van der Waals surface area (Å²) in [7, 11) is 0. The molecule has 3 rings (SSSR count). The molecule has 0 amide bonds. The molecule has 3 aromatic rings. The number of para-hydroxylation sites is 1. The number of hydrogen-bond donors (Lipinski definition) is 1. The van der Waals surface area contributed by atoms with Crippen LogP contribution in [0.3, 0.4) is 0 Å². The number of pyridine rings is 1. The van der Waals surface area contributed by atoms with Crippen molar-refractivity contribution in [3.63, 3.8) is 0 Å². The first-order valence-corrected chi connectivity index (χ1v) is 6.83. The van der Waals surface area contributed by atoms with E-state index in [1.807, 2.05) is 48.5 Å². The van der Waals surface area contributed by atoms with Gasteiger partial charge in [-0.05, 0) is 23.3 Å². The maximum Gasteiger partial charge on any atom is 0.146 e. The topological polar surface area (TPSA) is 48.1 Å². The van der Waals surface area contributed by atoms with E-state index in [4.69, 9.17) is 10.5 Å². The molecule has 104 valence electrons. The van der Waals surface area contributed by atoms with Crippen LogP contribution in [-0.2, 0) is 6.54 Å². The standard InChI is InChI=1S/C18H16N2O/c19-11-14-10-16(13-20-12-14)21-18-9-5-4-8-17(18)15-6-2-1-3-7-15/h1-10,12-13H,11,19H2. The van der Waals surface area contributed by atoms with Crippen molar-refractivity contribution in [3.05, 3.63) is 78.6 Å². The smallest absolute Gasteiger partial charge is 0.146 e. The molecule has 0 fully saturated rings. The van der Waals surface area contributed by atoms with Crippen molar-refractivity contribution < 1.29 is 4.74 Å². The van der Waals surface area contributed by atoms with Gasteiger partial charge >= 0.3 is 0 Å². The molecule has 3 nitrogen and oxygen atoms in total. The van der Waals surface area contributed by atoms with Crippen LogP contribution in [0.15, 0.2) is 73.1 Å². The number of rotatable bonds is 4. The first-order chi connectivity index (χ1) is 10.4. The highest BCUT2D eigenvalue weighted by Crippen LogP contribution is 2.32. The Morgan fingerprint density at radius 3 is 2.48 bits per heavy atom. The van der Waals surface area contributed by atoms with Crippen LogP contribution in [0, 0.1) is 0 Å². The van der Waals surface area contributed by atoms with E-state index in [0.29, 0.717) is 12.3 Å². The van der Waals surface area contributed by atoms with E-state index in [-0.39, 0.29) is 0 Å². The molecule has 3 heteroatoms. The van der Waals surface area contributed by atoms with Crippen molar-refractivity contribution in [2.75, 3.05) is 0 Å². The SMILES string of the molecule is NCc1cncc(Oc2ccccc2-c2ccccc2)c1. The molecule has 0 unspecified atom stereocenters. The van der Waals surface area contributed by atoms with Crippen molar-refractivity contribution in [1.29, 1.82) is 0 Å². The number of nitrogens with zero attached hydrogens (tertiary/aromatic N) is 1. The third kappa shape index (κ3) is 3.09. The molecular weight excluding hydrogens is 260 g/mol. The third-order valence-electron chi connectivity index (χ3n) is 3.21. The molecule has 0 aliphatic carbocycles. The van der Waals surface area contributed by atoms with Gasteiger partial charge in [0, 0.05) is 18.3 Å². The highest BCUT2D eigenvalue weighted by molar-refractivity contribution is 5.70. The van der Waals surface area contributed by atoms with Gasteiger partial charge in [-0.3, -0.25) is 4.98 Å². The van der Waals surface area contributed by atoms with Crippen LogP contribution in [0.25, 0.3) is 11.1 Å². The Morgan fingerprint density at radius 2 is 1.67 bits per heavy atom. The zero-order chi connectivity index (χ0) is 14.5. The van der Waals surface area contributed by atoms with Gasteiger partial charge in [0.1, 0.15) is 11.5 Å². The van der Waals surface area contributed by atoms with Crippen molar-refractivity contribution >= 4 is 0 Å². The van der Waals surface area contributed by atoms with Gasteiger partial charge in [0.15, 0.2) is 0 Å². The van der Waals surface area contributed by atoms with E-state index in [2.05, 4.69) is 17.1 Å². The first kappa shape index (κ1) is 13.3. The molecule has 0 atom stereocenters. The zero-order valence-electron chi connectivity index (χ0n) is 11.6. The van der Waals surface area contributed by atoms with E-state index >= 15 is 0 Å². The molecule has 0 aliphatic heterocycles. The van der Waals surface area contributed by atoms with Crippen LogP contribution in [0.4, 0.5) is 0 Å². The summed E-state index contributed by atoms with van der Waals surface area (Å²) in [6.07, 6.45) is 3.44. The minimum atomic E-state index is 0.449. The molecular formula is C18H16N2O. The Hall–Kier alpha value is -2.65. The van der Waals surface area contributed by atoms with E-state index < -0.39 is 0 Å². The fraction of sp³-hybridized carbons (Fsp3) is 0.0556. The van der Waals surface area contributed by atoms with Crippen molar-refractivity contribution in [1.82, 2.24) is 4.98 Å². The van der Waals surface area contributed by atoms with Gasteiger partial charge in [-0.15, -0.1) is 0 Å². The van der Waals surface area contributed by atoms with Gasteiger partial charge in [0.2, 0.25) is 0 Å². The van der Waals surface area contributed by atoms with Crippen molar-refractivity contribution in [2.45, 2.75) is 6.54 Å². The average Bonchev–Trinajstić information content (AvgIpc) is 2.56. The maximum atomic E-state index is 5.99. The van der Waals surface area contributed by atoms with E-state index in [1.165, 1.54) is 0 Å². The van der Waals surface area contributed by atoms with Crippen LogP contribution in [-0.4, -0.2) is 4.98 Å². The first-order valence-electron chi connectivity index (χ1n) is 6.83. The minimum absolute atomic E-state index is 0.449. The fourth-order valence-corrected chi connectivity index (χ4v) is 2.17. The summed E-state index contributed by atoms with van der Waals surface area (Å²) < 4.78 is 5.99. The fourth-order valence-electron chi connectivity index (χ4n) is 2.17. The highest BCUT2D eigenvalue weighted by Gasteiger charge is 2.07. The second kappa shape index (κ2) is 6.20. The molecule has 0 bridgehead atoms. The second-order valence-electron chi connectivity index (χ2n) is 4.70. The van der Waals surface area contributed by atoms with Crippen LogP contribution in [0.1, 0.15) is 5.56 Å². The van der Waals surface area contributed by atoms with E-state index in [9.17, 15) is 0 Å². The molecule has 2 N–H and O–H groups in total. The van der Waals surface area contributed by atoms with Gasteiger partial charge in [-0.1, -0.05) is 48.5 Å². The van der Waals surface area contributed by atoms with Gasteiger partial charge in [-0.25, -0.2) is 0 Å². The summed E-state index contributed by atoms with van der Waals surface area (Å²) in [6, 6.07) is 20.0. The Labute approximate surface area is 124 Å². The number of nitrogens with two attached hydrogens (primary N) is 1. The Morgan fingerprint density at radius 1 is 0.905 bits per heavy atom. The largest absolute Gasteiger partial charge is 0.455 e. The van der Waals surface area contributed by atoms with Crippen LogP contribution in [0.2, 0.25) is 0 Å². The number of hydrogen-bond acceptors (Lipinski definition) is 3. The van der Waals surface area contributed by atoms with Crippen LogP contribution in [0.5, 0.6) is 11.5 Å². The van der Waals surface area contributed by atoms with Gasteiger partial charge in [0.05, 0.1) is 6.20 Å². The number of ether oxygens (including phenoxy) is 1. The Kier molecular flexibility index (Phi) is 3.94. The molecule has 0 aliphatic rings. The predicted octanol–water partition coefficient (Wildman–Crippen LogP) is 4.00. The molecule has 0 saturated heterocycles. The molecule has 21 heavy (non-hydrogen) atoms. The average molecular weight is 276 g/mol. The van der Waals surface area contributed by atoms with Gasteiger partial charge < -0.3 is 10.5 Å². The summed E-state index contributed by atoms with van der Waals surface area (Å²) in [5.74, 6) is 1.50. The molecule has 0 saturated carbocycles. The quantitative estimate of drug-likeness (QED) is 0.783. The summed E-state index contributed by atoms with van der Waals surface area (Å²) in [6.45, 7) is 0.449. The molecule has 0 radical (unpaired) electrons. The lowest BCUT2D eigenvalue weighted by Crippen LogP contribution is -1.97. The molecule has 0 spiro atoms. The monoisotopic (exact) mass is 276 g/mol. The van der Waals surface area contributed by atoms with E-state index in [1.54, 1.807) is 12.4 Å². The second-order valence-corrected chi connectivity index (χ2v) is 4.70. The summed E-state index contributed by atoms with van der Waals surface area (Å²) >= 11 is 0. The highest BCUT2D eigenvalue weighted by atomic mass is 16.5. The number of benzene rings is 2. The maximum absolute atomic E-state index is 5.99. The van der Waals surface area contributed by atoms with Crippen molar-refractivity contribution in [3.8, 4) is 22.6 Å². The van der Waals surface area contributed by atoms with E-state index in [0.717, 1.165) is 22.4 Å². The summed E-state index contributed by atoms with van der Waals surface area (Å²) in [5.41, 5.74) is 8.76. The normalized spacial score (nSPS) is 10.3. The summed E-state index contributed by atoms with van der Waals surface area (Å²) in [5, 5.41) is 0. The summed E-state index contributed by atoms with van der Waals surface area (Å²) in [4.78, 5) is 4.15. The minimum Gasteiger partial charge on any atom is -0.455 e. The molecule has 2 aromatic carbocycles. The predicted molar refractivity (Wildman–Crippen MR) is 84.1 cm³/mol. The van der Waals surface area contributed by atoms with Crippen LogP contribution < -0.4 is 10.5 Å². The van der Waals surface area contributed by atoms with Gasteiger partial charge in [0.25, 0.3) is 0 Å².